The molecule has 1 aromatic carbocycles. The van der Waals surface area contributed by atoms with Crippen LogP contribution in [0.25, 0.3) is 0 Å². The fraction of sp³-hybridized carbons (Fsp3) is 0.364. The van der Waals surface area contributed by atoms with Crippen LogP contribution in [0, 0.1) is 6.92 Å². The fourth-order valence-electron chi connectivity index (χ4n) is 1.18. The van der Waals surface area contributed by atoms with Crippen molar-refractivity contribution in [2.45, 2.75) is 26.8 Å². The van der Waals surface area contributed by atoms with Gasteiger partial charge >= 0.3 is 0 Å². The van der Waals surface area contributed by atoms with Crippen molar-refractivity contribution < 1.29 is 9.90 Å². The summed E-state index contributed by atoms with van der Waals surface area (Å²) in [4.78, 5) is 11.7. The highest BCUT2D eigenvalue weighted by Gasteiger charge is 2.13. The van der Waals surface area contributed by atoms with Crippen LogP contribution < -0.4 is 5.32 Å². The Labute approximate surface area is 94.1 Å². The van der Waals surface area contributed by atoms with Crippen LogP contribution in [0.1, 0.15) is 29.8 Å². The lowest BCUT2D eigenvalue weighted by Crippen LogP contribution is -2.30. The molecule has 0 aromatic heterocycles. The number of hydrogen-bond donors (Lipinski definition) is 2. The number of nitrogens with one attached hydrogen (secondary N) is 1. The summed E-state index contributed by atoms with van der Waals surface area (Å²) in [5.41, 5.74) is 1.02. The maximum atomic E-state index is 11.7. The monoisotopic (exact) mass is 227 g/mol. The summed E-state index contributed by atoms with van der Waals surface area (Å²) in [6.07, 6.45) is 0. The second kappa shape index (κ2) is 4.53. The van der Waals surface area contributed by atoms with Crippen LogP contribution >= 0.6 is 11.6 Å². The molecular weight excluding hydrogens is 214 g/mol. The Bertz CT molecular complexity index is 388. The van der Waals surface area contributed by atoms with Crippen molar-refractivity contribution in [3.63, 3.8) is 0 Å². The van der Waals surface area contributed by atoms with E-state index >= 15 is 0 Å². The molecule has 0 bridgehead atoms. The largest absolute Gasteiger partial charge is 0.508 e. The van der Waals surface area contributed by atoms with Crippen molar-refractivity contribution in [2.24, 2.45) is 0 Å². The molecule has 82 valence electrons. The van der Waals surface area contributed by atoms with E-state index in [1.54, 1.807) is 13.0 Å². The van der Waals surface area contributed by atoms with Gasteiger partial charge in [-0.1, -0.05) is 11.6 Å². The van der Waals surface area contributed by atoms with Crippen molar-refractivity contribution in [3.8, 4) is 5.75 Å². The smallest absolute Gasteiger partial charge is 0.253 e. The number of benzene rings is 1. The summed E-state index contributed by atoms with van der Waals surface area (Å²) in [5.74, 6) is -0.126. The van der Waals surface area contributed by atoms with Crippen molar-refractivity contribution in [3.05, 3.63) is 28.3 Å². The van der Waals surface area contributed by atoms with E-state index in [0.29, 0.717) is 11.1 Å². The molecule has 0 aliphatic heterocycles. The number of amides is 1. The molecule has 1 amide bonds. The zero-order chi connectivity index (χ0) is 11.6. The molecule has 0 fully saturated rings. The first-order valence-electron chi connectivity index (χ1n) is 4.71. The molecule has 1 rings (SSSR count). The van der Waals surface area contributed by atoms with E-state index in [1.165, 1.54) is 6.07 Å². The Balaban J connectivity index is 3.04. The average Bonchev–Trinajstić information content (AvgIpc) is 2.09. The van der Waals surface area contributed by atoms with Gasteiger partial charge in [-0.2, -0.15) is 0 Å². The number of carbonyl (C=O) groups is 1. The molecule has 0 aliphatic rings. The Morgan fingerprint density at radius 3 is 2.60 bits per heavy atom. The van der Waals surface area contributed by atoms with Crippen LogP contribution in [0.5, 0.6) is 5.75 Å². The fourth-order valence-corrected chi connectivity index (χ4v) is 1.43. The lowest BCUT2D eigenvalue weighted by atomic mass is 10.1. The van der Waals surface area contributed by atoms with E-state index in [9.17, 15) is 9.90 Å². The molecule has 0 aliphatic carbocycles. The van der Waals surface area contributed by atoms with E-state index in [-0.39, 0.29) is 22.7 Å². The summed E-state index contributed by atoms with van der Waals surface area (Å²) in [6, 6.07) is 3.02. The minimum atomic E-state index is -0.224. The first kappa shape index (κ1) is 11.9. The molecule has 0 radical (unpaired) electrons. The number of hydrogen-bond acceptors (Lipinski definition) is 2. The Morgan fingerprint density at radius 2 is 2.07 bits per heavy atom. The number of rotatable bonds is 2. The third kappa shape index (κ3) is 2.86. The highest BCUT2D eigenvalue weighted by Crippen LogP contribution is 2.25. The van der Waals surface area contributed by atoms with Crippen molar-refractivity contribution in [2.75, 3.05) is 0 Å². The number of aromatic hydroxyl groups is 1. The van der Waals surface area contributed by atoms with Crippen molar-refractivity contribution in [1.29, 1.82) is 0 Å². The van der Waals surface area contributed by atoms with Crippen LogP contribution in [0.3, 0.4) is 0 Å². The highest BCUT2D eigenvalue weighted by molar-refractivity contribution is 6.34. The van der Waals surface area contributed by atoms with Gasteiger partial charge in [0.05, 0.1) is 10.6 Å². The van der Waals surface area contributed by atoms with Gasteiger partial charge in [-0.15, -0.1) is 0 Å². The first-order chi connectivity index (χ1) is 6.91. The molecule has 2 N–H and O–H groups in total. The summed E-state index contributed by atoms with van der Waals surface area (Å²) < 4.78 is 0. The van der Waals surface area contributed by atoms with Crippen LogP contribution in [-0.2, 0) is 0 Å². The topological polar surface area (TPSA) is 49.3 Å². The summed E-state index contributed by atoms with van der Waals surface area (Å²) in [6.45, 7) is 5.47. The maximum absolute atomic E-state index is 11.7. The molecule has 4 heteroatoms. The number of carbonyl (C=O) groups excluding carboxylic acids is 1. The van der Waals surface area contributed by atoms with E-state index in [0.717, 1.165) is 0 Å². The Hall–Kier alpha value is -1.22. The average molecular weight is 228 g/mol. The molecule has 0 unspecified atom stereocenters. The number of aryl methyl sites for hydroxylation is 1. The van der Waals surface area contributed by atoms with E-state index < -0.39 is 0 Å². The quantitative estimate of drug-likeness (QED) is 0.816. The first-order valence-corrected chi connectivity index (χ1v) is 5.09. The van der Waals surface area contributed by atoms with Gasteiger partial charge in [0.15, 0.2) is 0 Å². The van der Waals surface area contributed by atoms with E-state index in [4.69, 9.17) is 11.6 Å². The highest BCUT2D eigenvalue weighted by atomic mass is 35.5. The minimum Gasteiger partial charge on any atom is -0.508 e. The van der Waals surface area contributed by atoms with Crippen LogP contribution in [0.2, 0.25) is 5.02 Å². The second-order valence-electron chi connectivity index (χ2n) is 3.75. The standard InChI is InChI=1S/C11H14ClNO2/c1-6(2)13-11(15)8-4-7(3)10(14)5-9(8)12/h4-6,14H,1-3H3,(H,13,15). The molecule has 1 aromatic rings. The molecule has 3 nitrogen and oxygen atoms in total. The van der Waals surface area contributed by atoms with Gasteiger partial charge in [-0.3, -0.25) is 4.79 Å². The van der Waals surface area contributed by atoms with Crippen molar-refractivity contribution >= 4 is 17.5 Å². The van der Waals surface area contributed by atoms with Crippen molar-refractivity contribution in [1.82, 2.24) is 5.32 Å². The predicted octanol–water partition coefficient (Wildman–Crippen LogP) is 2.49. The zero-order valence-electron chi connectivity index (χ0n) is 8.97. The summed E-state index contributed by atoms with van der Waals surface area (Å²) >= 11 is 5.86. The Morgan fingerprint density at radius 1 is 1.47 bits per heavy atom. The number of phenols is 1. The summed E-state index contributed by atoms with van der Waals surface area (Å²) in [7, 11) is 0. The van der Waals surface area contributed by atoms with E-state index in [1.807, 2.05) is 13.8 Å². The van der Waals surface area contributed by atoms with Gasteiger partial charge in [0.1, 0.15) is 5.75 Å². The van der Waals surface area contributed by atoms with Gasteiger partial charge in [-0.05, 0) is 38.5 Å². The van der Waals surface area contributed by atoms with Gasteiger partial charge in [-0.25, -0.2) is 0 Å². The van der Waals surface area contributed by atoms with Crippen LogP contribution in [0.15, 0.2) is 12.1 Å². The Kier molecular flexibility index (Phi) is 3.58. The molecule has 0 atom stereocenters. The summed E-state index contributed by atoms with van der Waals surface area (Å²) in [5, 5.41) is 12.4. The van der Waals surface area contributed by atoms with Crippen LogP contribution in [0.4, 0.5) is 0 Å². The SMILES string of the molecule is Cc1cc(C(=O)NC(C)C)c(Cl)cc1O. The lowest BCUT2D eigenvalue weighted by Gasteiger charge is -2.10. The number of halogens is 1. The van der Waals surface area contributed by atoms with Crippen LogP contribution in [-0.4, -0.2) is 17.1 Å². The third-order valence-electron chi connectivity index (χ3n) is 1.95. The normalized spacial score (nSPS) is 10.5. The molecule has 0 saturated heterocycles. The minimum absolute atomic E-state index is 0.0580. The van der Waals surface area contributed by atoms with Gasteiger partial charge < -0.3 is 10.4 Å². The van der Waals surface area contributed by atoms with Gasteiger partial charge in [0.25, 0.3) is 5.91 Å². The van der Waals surface area contributed by atoms with Gasteiger partial charge in [0.2, 0.25) is 0 Å². The zero-order valence-corrected chi connectivity index (χ0v) is 9.72. The molecule has 0 spiro atoms. The second-order valence-corrected chi connectivity index (χ2v) is 4.15. The van der Waals surface area contributed by atoms with Gasteiger partial charge in [0, 0.05) is 6.04 Å². The molecule has 0 saturated carbocycles. The molecular formula is C11H14ClNO2. The predicted molar refractivity (Wildman–Crippen MR) is 60.5 cm³/mol. The maximum Gasteiger partial charge on any atom is 0.253 e. The molecule has 0 heterocycles. The number of phenolic OH excluding ortho intramolecular Hbond substituents is 1. The van der Waals surface area contributed by atoms with E-state index in [2.05, 4.69) is 5.32 Å². The molecule has 15 heavy (non-hydrogen) atoms. The third-order valence-corrected chi connectivity index (χ3v) is 2.26. The lowest BCUT2D eigenvalue weighted by molar-refractivity contribution is 0.0943.